The average molecular weight is 508 g/mol. The first-order chi connectivity index (χ1) is 15.5. The molecule has 6 atom stereocenters. The average Bonchev–Trinajstić information content (AvgIpc) is 3.23. The van der Waals surface area contributed by atoms with Crippen LogP contribution in [-0.2, 0) is 38.8 Å². The topological polar surface area (TPSA) is 201 Å². The lowest BCUT2D eigenvalue weighted by Gasteiger charge is -2.22. The van der Waals surface area contributed by atoms with Gasteiger partial charge in [-0.25, -0.2) is 13.4 Å². The second-order valence-electron chi connectivity index (χ2n) is 6.97. The summed E-state index contributed by atoms with van der Waals surface area (Å²) in [5, 5.41) is 21.0. The van der Waals surface area contributed by atoms with Crippen LogP contribution in [0.5, 0.6) is 0 Å². The Kier molecular flexibility index (Phi) is 7.45. The minimum atomic E-state index is -4.45. The maximum atomic E-state index is 12.7. The summed E-state index contributed by atoms with van der Waals surface area (Å²) in [6.07, 6.45) is 0.608. The fraction of sp³-hybridized carbons (Fsp3) is 0.562. The number of nitrogens with zero attached hydrogens (tertiary/aromatic N) is 3. The lowest BCUT2D eigenvalue weighted by Crippen LogP contribution is -2.46. The number of aromatic nitrogens is 4. The molecule has 0 bridgehead atoms. The number of H-pyrrole nitrogens is 1. The molecule has 0 spiro atoms. The largest absolute Gasteiger partial charge is 0.481 e. The van der Waals surface area contributed by atoms with E-state index in [-0.39, 0.29) is 17.1 Å². The van der Waals surface area contributed by atoms with Gasteiger partial charge in [-0.3, -0.25) is 28.0 Å². The number of phosphoric ester groups is 1. The summed E-state index contributed by atoms with van der Waals surface area (Å²) < 4.78 is 53.0. The van der Waals surface area contributed by atoms with Gasteiger partial charge in [0.1, 0.15) is 24.5 Å². The number of phosphoric acid groups is 1. The molecule has 0 aliphatic carbocycles. The third-order valence-corrected chi connectivity index (χ3v) is 8.64. The molecule has 0 saturated carbocycles. The van der Waals surface area contributed by atoms with Gasteiger partial charge < -0.3 is 25.2 Å². The number of terminal acetylenes is 1. The summed E-state index contributed by atoms with van der Waals surface area (Å²) in [5.41, 5.74) is 5.35. The van der Waals surface area contributed by atoms with Gasteiger partial charge in [-0.05, 0) is 0 Å². The van der Waals surface area contributed by atoms with E-state index in [1.807, 2.05) is 0 Å². The van der Waals surface area contributed by atoms with Gasteiger partial charge in [-0.15, -0.1) is 6.42 Å². The predicted molar refractivity (Wildman–Crippen MR) is 112 cm³/mol. The van der Waals surface area contributed by atoms with Gasteiger partial charge in [0.2, 0.25) is 11.7 Å². The molecule has 4 unspecified atom stereocenters. The number of nitrogens with one attached hydrogen (secondary N) is 1. The van der Waals surface area contributed by atoms with Crippen LogP contribution in [0.1, 0.15) is 6.23 Å². The highest BCUT2D eigenvalue weighted by Crippen LogP contribution is 2.64. The highest BCUT2D eigenvalue weighted by atomic mass is 31.3. The number of aliphatic hydroxyl groups excluding tert-OH is 2. The van der Waals surface area contributed by atoms with Gasteiger partial charge >= 0.3 is 21.1 Å². The summed E-state index contributed by atoms with van der Waals surface area (Å²) in [4.78, 5) is 18.6. The number of imidazole rings is 1. The van der Waals surface area contributed by atoms with E-state index in [1.54, 1.807) is 7.05 Å². The Hall–Kier alpha value is -2.11. The van der Waals surface area contributed by atoms with E-state index in [0.29, 0.717) is 0 Å². The van der Waals surface area contributed by atoms with Gasteiger partial charge in [0.25, 0.3) is 11.5 Å². The molecular weight excluding hydrogens is 484 g/mol. The van der Waals surface area contributed by atoms with Gasteiger partial charge in [-0.2, -0.15) is 0 Å². The molecule has 5 N–H and O–H groups in total. The minimum Gasteiger partial charge on any atom is -0.387 e. The van der Waals surface area contributed by atoms with Crippen molar-refractivity contribution in [1.29, 1.82) is 0 Å². The Bertz CT molecular complexity index is 1220. The quantitative estimate of drug-likeness (QED) is 0.183. The summed E-state index contributed by atoms with van der Waals surface area (Å²) in [7, 11) is -4.82. The number of aromatic amines is 1. The van der Waals surface area contributed by atoms with Crippen LogP contribution in [0.25, 0.3) is 11.2 Å². The molecule has 2 aromatic rings. The fourth-order valence-electron chi connectivity index (χ4n) is 3.22. The van der Waals surface area contributed by atoms with Crippen molar-refractivity contribution in [3.05, 3.63) is 16.7 Å². The van der Waals surface area contributed by atoms with Crippen molar-refractivity contribution in [2.45, 2.75) is 24.5 Å². The third-order valence-electron chi connectivity index (χ3n) is 4.81. The molecular formula is C16H24N5O10P2+. The van der Waals surface area contributed by atoms with Crippen molar-refractivity contribution >= 4 is 32.5 Å². The number of fused-ring (bicyclic) bond motifs is 1. The highest BCUT2D eigenvalue weighted by molar-refractivity contribution is 7.65. The number of hydrogen-bond donors (Lipinski definition) is 4. The number of aliphatic hydroxyl groups is 2. The van der Waals surface area contributed by atoms with Crippen molar-refractivity contribution in [3.63, 3.8) is 0 Å². The van der Waals surface area contributed by atoms with Gasteiger partial charge in [0.15, 0.2) is 6.33 Å². The van der Waals surface area contributed by atoms with Crippen molar-refractivity contribution in [3.8, 4) is 12.3 Å². The minimum absolute atomic E-state index is 0.0952. The summed E-state index contributed by atoms with van der Waals surface area (Å²) in [6, 6.07) is 0. The smallest absolute Gasteiger partial charge is 0.387 e. The van der Waals surface area contributed by atoms with E-state index < -0.39 is 58.3 Å². The van der Waals surface area contributed by atoms with Gasteiger partial charge in [0, 0.05) is 14.2 Å². The molecule has 3 rings (SSSR count). The van der Waals surface area contributed by atoms with E-state index >= 15 is 0 Å². The van der Waals surface area contributed by atoms with Crippen LogP contribution in [0.2, 0.25) is 0 Å². The molecule has 17 heteroatoms. The molecule has 15 nitrogen and oxygen atoms in total. The molecule has 1 fully saturated rings. The maximum absolute atomic E-state index is 12.7. The van der Waals surface area contributed by atoms with E-state index in [1.165, 1.54) is 15.5 Å². The van der Waals surface area contributed by atoms with Crippen molar-refractivity contribution in [1.82, 2.24) is 14.5 Å². The zero-order valence-corrected chi connectivity index (χ0v) is 19.6. The lowest BCUT2D eigenvalue weighted by molar-refractivity contribution is -0.745. The Morgan fingerprint density at radius 1 is 1.36 bits per heavy atom. The van der Waals surface area contributed by atoms with Crippen molar-refractivity contribution < 1.29 is 46.5 Å². The van der Waals surface area contributed by atoms with Crippen LogP contribution in [0.3, 0.4) is 0 Å². The Morgan fingerprint density at radius 2 is 2.06 bits per heavy atom. The Balaban J connectivity index is 1.81. The van der Waals surface area contributed by atoms with E-state index in [0.717, 1.165) is 14.2 Å². The lowest BCUT2D eigenvalue weighted by atomic mass is 10.1. The first kappa shape index (κ1) is 25.5. The number of rotatable bonds is 9. The predicted octanol–water partition coefficient (Wildman–Crippen LogP) is -0.989. The van der Waals surface area contributed by atoms with E-state index in [2.05, 4.69) is 15.9 Å². The van der Waals surface area contributed by atoms with Gasteiger partial charge in [0.05, 0.1) is 13.7 Å². The first-order valence-corrected chi connectivity index (χ1v) is 12.5. The molecule has 0 radical (unpaired) electrons. The SMILES string of the molecule is C#CCP(=O)(OC)OP(=O)(OC)OC[C@H]1O[C@@H]([n+]2cn(C)c3c(=O)[nH]c(N)nc32)C(O)C1O. The zero-order chi connectivity index (χ0) is 24.6. The van der Waals surface area contributed by atoms with Crippen molar-refractivity contribution in [2.75, 3.05) is 32.7 Å². The molecule has 33 heavy (non-hydrogen) atoms. The van der Waals surface area contributed by atoms with Crippen LogP contribution in [0, 0.1) is 12.3 Å². The molecule has 0 aromatic carbocycles. The number of ether oxygens (including phenoxy) is 1. The number of anilines is 1. The zero-order valence-electron chi connectivity index (χ0n) is 17.9. The molecule has 3 heterocycles. The van der Waals surface area contributed by atoms with Gasteiger partial charge in [-0.1, -0.05) is 10.9 Å². The number of aryl methyl sites for hydroxylation is 1. The van der Waals surface area contributed by atoms with E-state index in [4.69, 9.17) is 34.8 Å². The second-order valence-corrected chi connectivity index (χ2v) is 11.0. The number of nitrogen functional groups attached to an aromatic ring is 1. The standard InChI is InChI=1S/C16H23N5O10P2/c1-5-6-32(25,27-3)31-33(26,28-4)29-7-9-11(22)12(23)15(30-9)21-8-20(2)10-13(21)18-16(17)19-14(10)24/h1,8-9,11-12,15,22-23H,6-7H2,2-4H3,(H2-,17,18,19,24)/p+1/t9-,11?,12?,15-,32?,33?/m1/s1. The van der Waals surface area contributed by atoms with Crippen LogP contribution in [-0.4, -0.2) is 70.0 Å². The first-order valence-electron chi connectivity index (χ1n) is 9.35. The number of hydrogen-bond acceptors (Lipinski definition) is 12. The normalized spacial score (nSPS) is 26.7. The van der Waals surface area contributed by atoms with Crippen LogP contribution >= 0.6 is 15.4 Å². The Labute approximate surface area is 187 Å². The van der Waals surface area contributed by atoms with Crippen LogP contribution in [0.4, 0.5) is 5.95 Å². The molecule has 2 aromatic heterocycles. The summed E-state index contributed by atoms with van der Waals surface area (Å²) in [6.45, 7) is -0.596. The summed E-state index contributed by atoms with van der Waals surface area (Å²) in [5.74, 6) is 1.92. The van der Waals surface area contributed by atoms with Crippen LogP contribution < -0.4 is 15.9 Å². The third kappa shape index (κ3) is 5.04. The molecule has 1 saturated heterocycles. The van der Waals surface area contributed by atoms with Crippen molar-refractivity contribution in [2.24, 2.45) is 7.05 Å². The second kappa shape index (κ2) is 9.63. The molecule has 182 valence electrons. The van der Waals surface area contributed by atoms with E-state index in [9.17, 15) is 24.1 Å². The fourth-order valence-corrected chi connectivity index (χ4v) is 6.18. The monoisotopic (exact) mass is 508 g/mol. The Morgan fingerprint density at radius 3 is 2.67 bits per heavy atom. The molecule has 1 aliphatic heterocycles. The van der Waals surface area contributed by atoms with Crippen LogP contribution in [0.15, 0.2) is 11.1 Å². The highest BCUT2D eigenvalue weighted by Gasteiger charge is 2.48. The molecule has 1 aliphatic rings. The maximum Gasteiger partial charge on any atom is 0.481 e. The molecule has 0 amide bonds. The summed E-state index contributed by atoms with van der Waals surface area (Å²) >= 11 is 0. The number of nitrogens with two attached hydrogens (primary N) is 1.